The highest BCUT2D eigenvalue weighted by Gasteiger charge is 2.10. The number of aryl methyl sites for hydroxylation is 1. The number of nitrogens with two attached hydrogens (primary N) is 1. The third-order valence-electron chi connectivity index (χ3n) is 3.55. The molecule has 7 heteroatoms. The van der Waals surface area contributed by atoms with E-state index in [9.17, 15) is 4.79 Å². The Morgan fingerprint density at radius 3 is 2.62 bits per heavy atom. The number of nitrogens with zero attached hydrogens (tertiary/aromatic N) is 2. The Hall–Kier alpha value is -2.31. The fourth-order valence-electron chi connectivity index (χ4n) is 2.44. The van der Waals surface area contributed by atoms with Crippen LogP contribution in [0.4, 0.5) is 11.4 Å². The number of nitrogens with one attached hydrogen (secondary N) is 1. The van der Waals surface area contributed by atoms with E-state index >= 15 is 0 Å². The predicted octanol–water partition coefficient (Wildman–Crippen LogP) is 4.35. The first-order valence-electron chi connectivity index (χ1n) is 7.10. The molecule has 0 spiro atoms. The molecule has 0 saturated carbocycles. The van der Waals surface area contributed by atoms with E-state index in [0.29, 0.717) is 10.6 Å². The number of anilines is 2. The summed E-state index contributed by atoms with van der Waals surface area (Å²) in [5.41, 5.74) is 9.23. The van der Waals surface area contributed by atoms with E-state index in [2.05, 4.69) is 26.3 Å². The van der Waals surface area contributed by atoms with Gasteiger partial charge >= 0.3 is 0 Å². The molecule has 0 aliphatic carbocycles. The number of primary amides is 1. The van der Waals surface area contributed by atoms with Gasteiger partial charge in [-0.3, -0.25) is 9.48 Å². The highest BCUT2D eigenvalue weighted by atomic mass is 79.9. The molecule has 24 heavy (non-hydrogen) atoms. The second-order valence-electron chi connectivity index (χ2n) is 5.23. The Bertz CT molecular complexity index is 903. The van der Waals surface area contributed by atoms with Gasteiger partial charge < -0.3 is 11.1 Å². The zero-order chi connectivity index (χ0) is 17.3. The minimum absolute atomic E-state index is 0.301. The van der Waals surface area contributed by atoms with Crippen LogP contribution in [0.1, 0.15) is 10.4 Å². The van der Waals surface area contributed by atoms with Crippen LogP contribution in [0.25, 0.3) is 11.3 Å². The molecular weight excluding hydrogens is 392 g/mol. The van der Waals surface area contributed by atoms with E-state index in [4.69, 9.17) is 17.3 Å². The molecule has 0 radical (unpaired) electrons. The van der Waals surface area contributed by atoms with Crippen LogP contribution in [-0.4, -0.2) is 15.7 Å². The summed E-state index contributed by atoms with van der Waals surface area (Å²) in [6.45, 7) is 0. The first-order chi connectivity index (χ1) is 11.5. The monoisotopic (exact) mass is 404 g/mol. The van der Waals surface area contributed by atoms with Crippen molar-refractivity contribution >= 4 is 44.8 Å². The number of amides is 1. The number of rotatable bonds is 4. The number of carbonyl (C=O) groups excluding carboxylic acids is 1. The molecule has 0 saturated heterocycles. The highest BCUT2D eigenvalue weighted by Crippen LogP contribution is 2.30. The summed E-state index contributed by atoms with van der Waals surface area (Å²) < 4.78 is 2.73. The number of halogens is 2. The molecule has 1 amide bonds. The van der Waals surface area contributed by atoms with Crippen molar-refractivity contribution in [2.24, 2.45) is 12.8 Å². The maximum atomic E-state index is 11.2. The molecule has 0 unspecified atom stereocenters. The quantitative estimate of drug-likeness (QED) is 0.678. The van der Waals surface area contributed by atoms with Gasteiger partial charge in [0, 0.05) is 24.0 Å². The van der Waals surface area contributed by atoms with Crippen molar-refractivity contribution in [3.05, 3.63) is 63.7 Å². The van der Waals surface area contributed by atoms with Gasteiger partial charge in [0.1, 0.15) is 0 Å². The van der Waals surface area contributed by atoms with Crippen molar-refractivity contribution in [2.45, 2.75) is 0 Å². The molecule has 1 heterocycles. The SMILES string of the molecule is Cn1ncc(Br)c1-c1cccc(Nc2ccc(C(N)=O)c(Cl)c2)c1. The van der Waals surface area contributed by atoms with Gasteiger partial charge in [0.05, 0.1) is 26.9 Å². The van der Waals surface area contributed by atoms with Gasteiger partial charge in [0.25, 0.3) is 0 Å². The lowest BCUT2D eigenvalue weighted by Crippen LogP contribution is -2.11. The largest absolute Gasteiger partial charge is 0.366 e. The summed E-state index contributed by atoms with van der Waals surface area (Å²) in [6, 6.07) is 13.0. The molecule has 5 nitrogen and oxygen atoms in total. The van der Waals surface area contributed by atoms with Crippen LogP contribution < -0.4 is 11.1 Å². The van der Waals surface area contributed by atoms with E-state index in [0.717, 1.165) is 27.1 Å². The molecule has 0 bridgehead atoms. The van der Waals surface area contributed by atoms with Gasteiger partial charge in [-0.2, -0.15) is 5.10 Å². The van der Waals surface area contributed by atoms with Gasteiger partial charge in [0.2, 0.25) is 5.91 Å². The van der Waals surface area contributed by atoms with Crippen molar-refractivity contribution in [3.8, 4) is 11.3 Å². The molecule has 3 N–H and O–H groups in total. The smallest absolute Gasteiger partial charge is 0.250 e. The first kappa shape index (κ1) is 16.5. The second kappa shape index (κ2) is 6.67. The summed E-state index contributed by atoms with van der Waals surface area (Å²) >= 11 is 9.60. The molecule has 0 fully saturated rings. The lowest BCUT2D eigenvalue weighted by Gasteiger charge is -2.10. The van der Waals surface area contributed by atoms with E-state index in [1.54, 1.807) is 24.4 Å². The van der Waals surface area contributed by atoms with Gasteiger partial charge in [0.15, 0.2) is 0 Å². The van der Waals surface area contributed by atoms with Crippen LogP contribution in [0.3, 0.4) is 0 Å². The van der Waals surface area contributed by atoms with Crippen molar-refractivity contribution in [1.82, 2.24) is 9.78 Å². The van der Waals surface area contributed by atoms with Crippen molar-refractivity contribution in [1.29, 1.82) is 0 Å². The first-order valence-corrected chi connectivity index (χ1v) is 8.27. The van der Waals surface area contributed by atoms with E-state index in [-0.39, 0.29) is 0 Å². The number of hydrogen-bond acceptors (Lipinski definition) is 3. The van der Waals surface area contributed by atoms with E-state index in [1.165, 1.54) is 0 Å². The van der Waals surface area contributed by atoms with Crippen molar-refractivity contribution in [2.75, 3.05) is 5.32 Å². The Balaban J connectivity index is 1.91. The average molecular weight is 406 g/mol. The zero-order valence-electron chi connectivity index (χ0n) is 12.8. The van der Waals surface area contributed by atoms with Gasteiger partial charge in [-0.25, -0.2) is 0 Å². The van der Waals surface area contributed by atoms with Crippen LogP contribution in [0.15, 0.2) is 53.1 Å². The predicted molar refractivity (Wildman–Crippen MR) is 99.6 cm³/mol. The number of carbonyl (C=O) groups is 1. The molecule has 0 aliphatic heterocycles. The maximum Gasteiger partial charge on any atom is 0.250 e. The minimum atomic E-state index is -0.547. The molecule has 3 rings (SSSR count). The highest BCUT2D eigenvalue weighted by molar-refractivity contribution is 9.10. The Kier molecular flexibility index (Phi) is 4.59. The van der Waals surface area contributed by atoms with Crippen LogP contribution in [-0.2, 0) is 7.05 Å². The van der Waals surface area contributed by atoms with Gasteiger partial charge in [-0.1, -0.05) is 23.7 Å². The lowest BCUT2D eigenvalue weighted by molar-refractivity contribution is 0.100. The molecule has 122 valence electrons. The number of aromatic nitrogens is 2. The third kappa shape index (κ3) is 3.29. The normalized spacial score (nSPS) is 10.6. The zero-order valence-corrected chi connectivity index (χ0v) is 15.1. The second-order valence-corrected chi connectivity index (χ2v) is 6.49. The van der Waals surface area contributed by atoms with E-state index in [1.807, 2.05) is 36.0 Å². The molecular formula is C17H14BrClN4O. The summed E-state index contributed by atoms with van der Waals surface area (Å²) in [4.78, 5) is 11.2. The third-order valence-corrected chi connectivity index (χ3v) is 4.45. The fourth-order valence-corrected chi connectivity index (χ4v) is 3.29. The topological polar surface area (TPSA) is 72.9 Å². The number of benzene rings is 2. The van der Waals surface area contributed by atoms with Crippen LogP contribution >= 0.6 is 27.5 Å². The Morgan fingerprint density at radius 1 is 1.25 bits per heavy atom. The standard InChI is InChI=1S/C17H14BrClN4O/c1-23-16(14(18)9-21-23)10-3-2-4-11(7-10)22-12-5-6-13(17(20)24)15(19)8-12/h2-9,22H,1H3,(H2,20,24). The van der Waals surface area contributed by atoms with Crippen molar-refractivity contribution in [3.63, 3.8) is 0 Å². The summed E-state index contributed by atoms with van der Waals surface area (Å²) in [5, 5.41) is 7.82. The van der Waals surface area contributed by atoms with Crippen molar-refractivity contribution < 1.29 is 4.79 Å². The van der Waals surface area contributed by atoms with Crippen LogP contribution in [0.5, 0.6) is 0 Å². The Morgan fingerprint density at radius 2 is 2.00 bits per heavy atom. The molecule has 0 aliphatic rings. The lowest BCUT2D eigenvalue weighted by atomic mass is 10.1. The summed E-state index contributed by atoms with van der Waals surface area (Å²) in [6.07, 6.45) is 1.76. The minimum Gasteiger partial charge on any atom is -0.366 e. The van der Waals surface area contributed by atoms with Crippen LogP contribution in [0.2, 0.25) is 5.02 Å². The molecule has 3 aromatic rings. The fraction of sp³-hybridized carbons (Fsp3) is 0.0588. The summed E-state index contributed by atoms with van der Waals surface area (Å²) in [7, 11) is 1.89. The average Bonchev–Trinajstić information content (AvgIpc) is 2.86. The van der Waals surface area contributed by atoms with E-state index < -0.39 is 5.91 Å². The Labute approximate surface area is 152 Å². The van der Waals surface area contributed by atoms with Gasteiger partial charge in [-0.15, -0.1) is 0 Å². The van der Waals surface area contributed by atoms with Crippen LogP contribution in [0, 0.1) is 0 Å². The maximum absolute atomic E-state index is 11.2. The van der Waals surface area contributed by atoms with Gasteiger partial charge in [-0.05, 0) is 46.3 Å². The molecule has 2 aromatic carbocycles. The molecule has 1 aromatic heterocycles. The summed E-state index contributed by atoms with van der Waals surface area (Å²) in [5.74, 6) is -0.547. The molecule has 0 atom stereocenters. The number of hydrogen-bond donors (Lipinski definition) is 2.